The van der Waals surface area contributed by atoms with E-state index < -0.39 is 5.91 Å². The number of anilines is 1. The first-order valence-corrected chi connectivity index (χ1v) is 9.11. The Morgan fingerprint density at radius 3 is 2.63 bits per heavy atom. The third-order valence-electron chi connectivity index (χ3n) is 4.03. The fourth-order valence-electron chi connectivity index (χ4n) is 2.49. The second-order valence-corrected chi connectivity index (χ2v) is 6.32. The van der Waals surface area contributed by atoms with Gasteiger partial charge in [0.2, 0.25) is 0 Å². The third-order valence-corrected chi connectivity index (χ3v) is 4.46. The van der Waals surface area contributed by atoms with E-state index in [0.717, 1.165) is 24.3 Å². The van der Waals surface area contributed by atoms with Crippen LogP contribution >= 0.6 is 11.6 Å². The number of aryl methyl sites for hydroxylation is 1. The number of phenols is 1. The van der Waals surface area contributed by atoms with E-state index in [1.807, 2.05) is 13.0 Å². The molecule has 0 heterocycles. The van der Waals surface area contributed by atoms with E-state index >= 15 is 0 Å². The quantitative estimate of drug-likeness (QED) is 0.533. The number of amides is 1. The van der Waals surface area contributed by atoms with Gasteiger partial charge in [0, 0.05) is 35.4 Å². The fraction of sp³-hybridized carbons (Fsp3) is 0.300. The van der Waals surface area contributed by atoms with Gasteiger partial charge in [0.1, 0.15) is 11.5 Å². The molecule has 0 saturated heterocycles. The molecule has 0 aliphatic rings. The smallest absolute Gasteiger partial charge is 0.277 e. The Labute approximate surface area is 164 Å². The number of hydrogen-bond acceptors (Lipinski definition) is 5. The lowest BCUT2D eigenvalue weighted by Crippen LogP contribution is -2.24. The zero-order valence-electron chi connectivity index (χ0n) is 15.7. The molecule has 2 aromatic carbocycles. The van der Waals surface area contributed by atoms with Gasteiger partial charge in [-0.25, -0.2) is 5.43 Å². The number of aromatic hydroxyl groups is 1. The van der Waals surface area contributed by atoms with Crippen molar-refractivity contribution in [3.63, 3.8) is 0 Å². The Balaban J connectivity index is 1.88. The topological polar surface area (TPSA) is 74.2 Å². The summed E-state index contributed by atoms with van der Waals surface area (Å²) in [4.78, 5) is 13.9. The van der Waals surface area contributed by atoms with Crippen LogP contribution in [-0.2, 0) is 4.79 Å². The summed E-state index contributed by atoms with van der Waals surface area (Å²) in [6, 6.07) is 10.5. The van der Waals surface area contributed by atoms with Gasteiger partial charge in [-0.3, -0.25) is 4.79 Å². The molecule has 7 heteroatoms. The standard InChI is InChI=1S/C20H24ClN3O3/c1-4-24(5-2)16-7-6-15(19(25)11-16)12-22-23-20(26)13-27-17-8-9-18(21)14(3)10-17/h6-12,25H,4-5,13H2,1-3H3,(H,23,26)/b22-12+. The molecule has 0 saturated carbocycles. The Morgan fingerprint density at radius 1 is 1.26 bits per heavy atom. The molecule has 2 rings (SSSR count). The molecule has 0 aromatic heterocycles. The van der Waals surface area contributed by atoms with E-state index in [9.17, 15) is 9.90 Å². The maximum absolute atomic E-state index is 11.8. The van der Waals surface area contributed by atoms with Crippen molar-refractivity contribution in [2.24, 2.45) is 5.10 Å². The van der Waals surface area contributed by atoms with Gasteiger partial charge < -0.3 is 14.7 Å². The van der Waals surface area contributed by atoms with Crippen LogP contribution in [0.5, 0.6) is 11.5 Å². The SMILES string of the molecule is CCN(CC)c1ccc(/C=N/NC(=O)COc2ccc(Cl)c(C)c2)c(O)c1. The molecule has 0 fully saturated rings. The number of ether oxygens (including phenoxy) is 1. The summed E-state index contributed by atoms with van der Waals surface area (Å²) in [6.07, 6.45) is 1.39. The zero-order chi connectivity index (χ0) is 19.8. The van der Waals surface area contributed by atoms with Crippen molar-refractivity contribution < 1.29 is 14.6 Å². The number of hydrogen-bond donors (Lipinski definition) is 2. The molecule has 0 spiro atoms. The monoisotopic (exact) mass is 389 g/mol. The van der Waals surface area contributed by atoms with E-state index in [1.165, 1.54) is 6.21 Å². The van der Waals surface area contributed by atoms with Crippen LogP contribution in [0.1, 0.15) is 25.0 Å². The highest BCUT2D eigenvalue weighted by Crippen LogP contribution is 2.23. The first-order chi connectivity index (χ1) is 12.9. The average molecular weight is 390 g/mol. The largest absolute Gasteiger partial charge is 0.507 e. The molecule has 27 heavy (non-hydrogen) atoms. The number of phenolic OH excluding ortho intramolecular Hbond substituents is 1. The van der Waals surface area contributed by atoms with Gasteiger partial charge in [-0.2, -0.15) is 5.10 Å². The molecule has 0 unspecified atom stereocenters. The molecule has 0 aliphatic carbocycles. The molecule has 0 aliphatic heterocycles. The Morgan fingerprint density at radius 2 is 2.00 bits per heavy atom. The lowest BCUT2D eigenvalue weighted by molar-refractivity contribution is -0.123. The summed E-state index contributed by atoms with van der Waals surface area (Å²) in [6.45, 7) is 7.50. The summed E-state index contributed by atoms with van der Waals surface area (Å²) in [5, 5.41) is 14.6. The number of halogens is 1. The minimum absolute atomic E-state index is 0.102. The second kappa shape index (κ2) is 9.83. The van der Waals surface area contributed by atoms with Crippen molar-refractivity contribution in [3.8, 4) is 11.5 Å². The van der Waals surface area contributed by atoms with Gasteiger partial charge in [0.05, 0.1) is 6.21 Å². The molecular formula is C20H24ClN3O3. The number of benzene rings is 2. The lowest BCUT2D eigenvalue weighted by atomic mass is 10.2. The van der Waals surface area contributed by atoms with Crippen LogP contribution < -0.4 is 15.1 Å². The van der Waals surface area contributed by atoms with Gasteiger partial charge in [-0.1, -0.05) is 11.6 Å². The third kappa shape index (κ3) is 5.89. The Hall–Kier alpha value is -2.73. The Kier molecular flexibility index (Phi) is 7.49. The Bertz CT molecular complexity index is 820. The fourth-order valence-corrected chi connectivity index (χ4v) is 2.61. The van der Waals surface area contributed by atoms with Crippen LogP contribution in [0.2, 0.25) is 5.02 Å². The minimum Gasteiger partial charge on any atom is -0.507 e. The van der Waals surface area contributed by atoms with E-state index in [4.69, 9.17) is 16.3 Å². The molecule has 2 aromatic rings. The minimum atomic E-state index is -0.405. The molecule has 2 N–H and O–H groups in total. The number of carbonyl (C=O) groups excluding carboxylic acids is 1. The maximum atomic E-state index is 11.8. The van der Waals surface area contributed by atoms with Crippen molar-refractivity contribution in [3.05, 3.63) is 52.5 Å². The lowest BCUT2D eigenvalue weighted by Gasteiger charge is -2.21. The van der Waals surface area contributed by atoms with E-state index in [1.54, 1.807) is 30.3 Å². The van der Waals surface area contributed by atoms with Crippen LogP contribution in [0, 0.1) is 6.92 Å². The normalized spacial score (nSPS) is 10.8. The maximum Gasteiger partial charge on any atom is 0.277 e. The number of carbonyl (C=O) groups is 1. The van der Waals surface area contributed by atoms with Crippen LogP contribution in [0.4, 0.5) is 5.69 Å². The molecule has 0 atom stereocenters. The van der Waals surface area contributed by atoms with Gasteiger partial charge >= 0.3 is 0 Å². The predicted octanol–water partition coefficient (Wildman–Crippen LogP) is 3.73. The molecular weight excluding hydrogens is 366 g/mol. The highest BCUT2D eigenvalue weighted by molar-refractivity contribution is 6.31. The van der Waals surface area contributed by atoms with E-state index in [-0.39, 0.29) is 12.4 Å². The highest BCUT2D eigenvalue weighted by Gasteiger charge is 2.06. The zero-order valence-corrected chi connectivity index (χ0v) is 16.5. The van der Waals surface area contributed by atoms with Crippen LogP contribution in [0.3, 0.4) is 0 Å². The number of nitrogens with zero attached hydrogens (tertiary/aromatic N) is 2. The molecule has 6 nitrogen and oxygen atoms in total. The summed E-state index contributed by atoms with van der Waals surface area (Å²) < 4.78 is 5.40. The van der Waals surface area contributed by atoms with Crippen molar-refractivity contribution in [1.82, 2.24) is 5.43 Å². The summed E-state index contributed by atoms with van der Waals surface area (Å²) >= 11 is 5.95. The average Bonchev–Trinajstić information content (AvgIpc) is 2.65. The highest BCUT2D eigenvalue weighted by atomic mass is 35.5. The van der Waals surface area contributed by atoms with Crippen LogP contribution in [0.15, 0.2) is 41.5 Å². The first kappa shape index (κ1) is 20.6. The van der Waals surface area contributed by atoms with Crippen LogP contribution in [-0.4, -0.2) is 36.9 Å². The summed E-state index contributed by atoms with van der Waals surface area (Å²) in [5.41, 5.74) is 4.69. The molecule has 0 bridgehead atoms. The van der Waals surface area contributed by atoms with Crippen molar-refractivity contribution in [2.75, 3.05) is 24.6 Å². The van der Waals surface area contributed by atoms with Gasteiger partial charge in [0.25, 0.3) is 5.91 Å². The molecule has 144 valence electrons. The summed E-state index contributed by atoms with van der Waals surface area (Å²) in [7, 11) is 0. The van der Waals surface area contributed by atoms with Crippen molar-refractivity contribution in [2.45, 2.75) is 20.8 Å². The number of rotatable bonds is 8. The summed E-state index contributed by atoms with van der Waals surface area (Å²) in [5.74, 6) is 0.254. The predicted molar refractivity (Wildman–Crippen MR) is 109 cm³/mol. The van der Waals surface area contributed by atoms with Gasteiger partial charge in [0.15, 0.2) is 6.61 Å². The van der Waals surface area contributed by atoms with Crippen LogP contribution in [0.25, 0.3) is 0 Å². The first-order valence-electron chi connectivity index (χ1n) is 8.73. The second-order valence-electron chi connectivity index (χ2n) is 5.91. The number of hydrazone groups is 1. The van der Waals surface area contributed by atoms with Gasteiger partial charge in [-0.15, -0.1) is 0 Å². The van der Waals surface area contributed by atoms with E-state index in [2.05, 4.69) is 29.3 Å². The molecule has 1 amide bonds. The van der Waals surface area contributed by atoms with Crippen molar-refractivity contribution in [1.29, 1.82) is 0 Å². The van der Waals surface area contributed by atoms with Gasteiger partial charge in [-0.05, 0) is 56.7 Å². The molecule has 0 radical (unpaired) electrons. The number of nitrogens with one attached hydrogen (secondary N) is 1. The van der Waals surface area contributed by atoms with E-state index in [0.29, 0.717) is 16.3 Å². The van der Waals surface area contributed by atoms with Crippen molar-refractivity contribution >= 4 is 29.4 Å².